The molecule has 0 radical (unpaired) electrons. The summed E-state index contributed by atoms with van der Waals surface area (Å²) in [6.45, 7) is 1.80. The number of oxime groups is 1. The molecular weight excluding hydrogens is 208 g/mol. The van der Waals surface area contributed by atoms with Crippen LogP contribution in [0.5, 0.6) is 0 Å². The molecule has 0 aliphatic carbocycles. The Bertz CT molecular complexity index is 418. The number of allylic oxidation sites excluding steroid dienone is 1. The summed E-state index contributed by atoms with van der Waals surface area (Å²) < 4.78 is 0. The van der Waals surface area contributed by atoms with Gasteiger partial charge in [-0.15, -0.1) is 0 Å². The van der Waals surface area contributed by atoms with Gasteiger partial charge < -0.3 is 5.21 Å². The standard InChI is InChI=1S/C11H10N2OS/c1-9(7-13-14)11(15-8-12)10-5-3-2-4-6-10/h2-7,14H,1H3/b11-9+,13-7+. The smallest absolute Gasteiger partial charge is 0.138 e. The van der Waals surface area contributed by atoms with Gasteiger partial charge in [0.25, 0.3) is 0 Å². The van der Waals surface area contributed by atoms with Crippen molar-refractivity contribution in [1.82, 2.24) is 0 Å². The zero-order chi connectivity index (χ0) is 11.1. The predicted octanol–water partition coefficient (Wildman–Crippen LogP) is 3.09. The Hall–Kier alpha value is -1.73. The molecule has 76 valence electrons. The van der Waals surface area contributed by atoms with Gasteiger partial charge in [0.2, 0.25) is 0 Å². The number of nitrogens with zero attached hydrogens (tertiary/aromatic N) is 2. The molecule has 0 spiro atoms. The molecule has 1 aromatic carbocycles. The second kappa shape index (κ2) is 5.89. The fourth-order valence-electron chi connectivity index (χ4n) is 1.15. The summed E-state index contributed by atoms with van der Waals surface area (Å²) in [5, 5.41) is 22.1. The van der Waals surface area contributed by atoms with Gasteiger partial charge in [0.1, 0.15) is 5.40 Å². The third-order valence-electron chi connectivity index (χ3n) is 1.79. The lowest BCUT2D eigenvalue weighted by Gasteiger charge is -2.04. The van der Waals surface area contributed by atoms with Crippen LogP contribution < -0.4 is 0 Å². The molecule has 0 aromatic heterocycles. The van der Waals surface area contributed by atoms with Crippen LogP contribution in [0.4, 0.5) is 0 Å². The van der Waals surface area contributed by atoms with Crippen molar-refractivity contribution in [2.45, 2.75) is 6.92 Å². The van der Waals surface area contributed by atoms with Crippen molar-refractivity contribution in [2.24, 2.45) is 5.16 Å². The van der Waals surface area contributed by atoms with Crippen LogP contribution >= 0.6 is 11.8 Å². The zero-order valence-electron chi connectivity index (χ0n) is 8.21. The number of hydrogen-bond donors (Lipinski definition) is 1. The largest absolute Gasteiger partial charge is 0.411 e. The molecule has 1 N–H and O–H groups in total. The first kappa shape index (κ1) is 11.3. The summed E-state index contributed by atoms with van der Waals surface area (Å²) in [6, 6.07) is 9.53. The van der Waals surface area contributed by atoms with E-state index in [1.165, 1.54) is 6.21 Å². The fourth-order valence-corrected chi connectivity index (χ4v) is 1.71. The molecular formula is C11H10N2OS. The van der Waals surface area contributed by atoms with Gasteiger partial charge in [-0.2, -0.15) is 5.26 Å². The SMILES string of the molecule is CC(/C=N/O)=C(\SC#N)c1ccccc1. The lowest BCUT2D eigenvalue weighted by atomic mass is 10.1. The van der Waals surface area contributed by atoms with Crippen molar-refractivity contribution in [3.63, 3.8) is 0 Å². The molecule has 0 bridgehead atoms. The van der Waals surface area contributed by atoms with Crippen LogP contribution in [0.15, 0.2) is 41.1 Å². The maximum atomic E-state index is 8.69. The molecule has 0 saturated carbocycles. The van der Waals surface area contributed by atoms with Crippen molar-refractivity contribution in [2.75, 3.05) is 0 Å². The van der Waals surface area contributed by atoms with E-state index in [1.54, 1.807) is 6.92 Å². The van der Waals surface area contributed by atoms with Gasteiger partial charge >= 0.3 is 0 Å². The van der Waals surface area contributed by atoms with Crippen LogP contribution in [0.25, 0.3) is 4.91 Å². The van der Waals surface area contributed by atoms with Gasteiger partial charge in [0, 0.05) is 4.91 Å². The van der Waals surface area contributed by atoms with Crippen LogP contribution in [0.3, 0.4) is 0 Å². The normalized spacial score (nSPS) is 12.3. The quantitative estimate of drug-likeness (QED) is 0.367. The zero-order valence-corrected chi connectivity index (χ0v) is 9.03. The molecule has 0 unspecified atom stereocenters. The number of thiocyanates is 1. The molecule has 0 fully saturated rings. The number of nitriles is 1. The Balaban J connectivity index is 3.15. The molecule has 15 heavy (non-hydrogen) atoms. The predicted molar refractivity (Wildman–Crippen MR) is 62.5 cm³/mol. The molecule has 1 rings (SSSR count). The van der Waals surface area contributed by atoms with Gasteiger partial charge in [-0.25, -0.2) is 0 Å². The van der Waals surface area contributed by atoms with Gasteiger partial charge in [0.05, 0.1) is 6.21 Å². The molecule has 4 heteroatoms. The second-order valence-electron chi connectivity index (χ2n) is 2.82. The van der Waals surface area contributed by atoms with E-state index < -0.39 is 0 Å². The summed E-state index contributed by atoms with van der Waals surface area (Å²) in [7, 11) is 0. The van der Waals surface area contributed by atoms with Crippen molar-refractivity contribution in [3.8, 4) is 5.40 Å². The van der Waals surface area contributed by atoms with Gasteiger partial charge in [-0.1, -0.05) is 35.5 Å². The molecule has 1 aromatic rings. The number of hydrogen-bond acceptors (Lipinski definition) is 4. The van der Waals surface area contributed by atoms with E-state index >= 15 is 0 Å². The highest BCUT2D eigenvalue weighted by atomic mass is 32.2. The lowest BCUT2D eigenvalue weighted by Crippen LogP contribution is -1.86. The summed E-state index contributed by atoms with van der Waals surface area (Å²) in [5.74, 6) is 0. The average Bonchev–Trinajstić information content (AvgIpc) is 2.27. The topological polar surface area (TPSA) is 56.4 Å². The summed E-state index contributed by atoms with van der Waals surface area (Å²) in [4.78, 5) is 0.802. The second-order valence-corrected chi connectivity index (χ2v) is 3.61. The average molecular weight is 218 g/mol. The summed E-state index contributed by atoms with van der Waals surface area (Å²) in [6.07, 6.45) is 1.33. The van der Waals surface area contributed by atoms with Gasteiger partial charge in [-0.3, -0.25) is 0 Å². The first-order valence-corrected chi connectivity index (χ1v) is 5.11. The summed E-state index contributed by atoms with van der Waals surface area (Å²) >= 11 is 1.06. The minimum absolute atomic E-state index is 0.759. The van der Waals surface area contributed by atoms with Crippen molar-refractivity contribution < 1.29 is 5.21 Å². The van der Waals surface area contributed by atoms with Crippen LogP contribution in [0, 0.1) is 10.7 Å². The minimum Gasteiger partial charge on any atom is -0.411 e. The third-order valence-corrected chi connectivity index (χ3v) is 2.65. The maximum Gasteiger partial charge on any atom is 0.138 e. The van der Waals surface area contributed by atoms with Gasteiger partial charge in [-0.05, 0) is 29.8 Å². The Labute approximate surface area is 92.7 Å². The van der Waals surface area contributed by atoms with E-state index in [1.807, 2.05) is 35.7 Å². The highest BCUT2D eigenvalue weighted by Crippen LogP contribution is 2.29. The molecule has 0 aliphatic heterocycles. The Morgan fingerprint density at radius 3 is 2.67 bits per heavy atom. The van der Waals surface area contributed by atoms with Crippen LogP contribution in [-0.2, 0) is 0 Å². The Morgan fingerprint density at radius 1 is 1.47 bits per heavy atom. The Morgan fingerprint density at radius 2 is 2.13 bits per heavy atom. The minimum atomic E-state index is 0.759. The first-order valence-electron chi connectivity index (χ1n) is 4.29. The van der Waals surface area contributed by atoms with E-state index in [4.69, 9.17) is 10.5 Å². The van der Waals surface area contributed by atoms with Crippen molar-refractivity contribution in [3.05, 3.63) is 41.5 Å². The fraction of sp³-hybridized carbons (Fsp3) is 0.0909. The number of benzene rings is 1. The molecule has 0 saturated heterocycles. The van der Waals surface area contributed by atoms with E-state index in [-0.39, 0.29) is 0 Å². The molecule has 0 heterocycles. The number of rotatable bonds is 3. The van der Waals surface area contributed by atoms with E-state index in [0.29, 0.717) is 0 Å². The number of thioether (sulfide) groups is 1. The molecule has 0 aliphatic rings. The molecule has 0 atom stereocenters. The monoisotopic (exact) mass is 218 g/mol. The highest BCUT2D eigenvalue weighted by Gasteiger charge is 2.04. The summed E-state index contributed by atoms with van der Waals surface area (Å²) in [5.41, 5.74) is 1.71. The van der Waals surface area contributed by atoms with Crippen molar-refractivity contribution in [1.29, 1.82) is 5.26 Å². The van der Waals surface area contributed by atoms with Gasteiger partial charge in [0.15, 0.2) is 0 Å². The van der Waals surface area contributed by atoms with E-state index in [0.717, 1.165) is 27.8 Å². The maximum absolute atomic E-state index is 8.69. The third kappa shape index (κ3) is 3.15. The van der Waals surface area contributed by atoms with E-state index in [9.17, 15) is 0 Å². The van der Waals surface area contributed by atoms with Crippen molar-refractivity contribution >= 4 is 22.9 Å². The van der Waals surface area contributed by atoms with Crippen LogP contribution in [0.2, 0.25) is 0 Å². The lowest BCUT2D eigenvalue weighted by molar-refractivity contribution is 0.321. The molecule has 0 amide bonds. The first-order chi connectivity index (χ1) is 7.29. The van der Waals surface area contributed by atoms with Crippen LogP contribution in [0.1, 0.15) is 12.5 Å². The van der Waals surface area contributed by atoms with Crippen LogP contribution in [-0.4, -0.2) is 11.4 Å². The highest BCUT2D eigenvalue weighted by molar-refractivity contribution is 8.12. The molecule has 3 nitrogen and oxygen atoms in total. The Kier molecular flexibility index (Phi) is 4.45. The van der Waals surface area contributed by atoms with E-state index in [2.05, 4.69) is 5.16 Å².